The number of morpholine rings is 1. The highest BCUT2D eigenvalue weighted by Crippen LogP contribution is 2.40. The van der Waals surface area contributed by atoms with E-state index < -0.39 is 5.92 Å². The number of methoxy groups -OCH3 is 1. The molecule has 2 aromatic carbocycles. The molecular formula is C30H26F2N6O5S3. The minimum absolute atomic E-state index is 0.141. The summed E-state index contributed by atoms with van der Waals surface area (Å²) < 4.78 is 46.6. The number of ether oxygens (including phenoxy) is 3. The maximum Gasteiger partial charge on any atom is 0.298 e. The highest BCUT2D eigenvalue weighted by atomic mass is 32.1. The topological polar surface area (TPSA) is 124 Å². The van der Waals surface area contributed by atoms with E-state index in [1.165, 1.54) is 27.2 Å². The largest absolute Gasteiger partial charge is 0.497 e. The number of carbonyl (C=O) groups is 1. The quantitative estimate of drug-likeness (QED) is 0.204. The van der Waals surface area contributed by atoms with Gasteiger partial charge in [0.25, 0.3) is 11.8 Å². The molecule has 0 saturated carbocycles. The van der Waals surface area contributed by atoms with Gasteiger partial charge in [-0.05, 0) is 12.1 Å². The number of aliphatic hydroxyl groups excluding tert-OH is 1. The van der Waals surface area contributed by atoms with Crippen molar-refractivity contribution in [3.8, 4) is 32.8 Å². The standard InChI is InChI=1S/C30H26F2N6O5S3/c1-30(31,32)28-36-38-11-22(35-29(38)46-28)26-34-21-9-20(41-2)10-23(24(21)45-26)43-13-18-15-44-25(33-18)16-3-5-17(6-4-16)27(40)37-7-8-42-14-19(37)12-39/h3-6,9-11,15,19,39H,7-8,12-14H2,1-2H3/t19-/m1/s1. The summed E-state index contributed by atoms with van der Waals surface area (Å²) in [7, 11) is 1.56. The highest BCUT2D eigenvalue weighted by molar-refractivity contribution is 7.22. The second kappa shape index (κ2) is 12.3. The third kappa shape index (κ3) is 5.93. The predicted octanol–water partition coefficient (Wildman–Crippen LogP) is 5.72. The Morgan fingerprint density at radius 1 is 1.15 bits per heavy atom. The van der Waals surface area contributed by atoms with Crippen LogP contribution in [0.25, 0.3) is 36.5 Å². The lowest BCUT2D eigenvalue weighted by Crippen LogP contribution is -2.50. The molecule has 46 heavy (non-hydrogen) atoms. The van der Waals surface area contributed by atoms with Gasteiger partial charge in [0.15, 0.2) is 5.01 Å². The Balaban J connectivity index is 1.07. The number of benzene rings is 2. The van der Waals surface area contributed by atoms with E-state index in [0.29, 0.717) is 58.0 Å². The zero-order chi connectivity index (χ0) is 32.0. The normalized spacial score (nSPS) is 15.6. The summed E-state index contributed by atoms with van der Waals surface area (Å²) in [5.41, 5.74) is 3.30. The molecule has 7 rings (SSSR count). The van der Waals surface area contributed by atoms with Crippen LogP contribution in [0.1, 0.15) is 28.0 Å². The van der Waals surface area contributed by atoms with E-state index in [0.717, 1.165) is 39.2 Å². The van der Waals surface area contributed by atoms with Crippen LogP contribution in [0.15, 0.2) is 48.0 Å². The zero-order valence-corrected chi connectivity index (χ0v) is 26.9. The Labute approximate surface area is 272 Å². The van der Waals surface area contributed by atoms with Crippen LogP contribution in [0, 0.1) is 0 Å². The molecule has 5 heterocycles. The van der Waals surface area contributed by atoms with Crippen molar-refractivity contribution in [3.05, 3.63) is 64.2 Å². The first-order valence-electron chi connectivity index (χ1n) is 14.1. The van der Waals surface area contributed by atoms with Gasteiger partial charge in [-0.25, -0.2) is 19.5 Å². The van der Waals surface area contributed by atoms with E-state index in [1.54, 1.807) is 42.5 Å². The van der Waals surface area contributed by atoms with Crippen LogP contribution in [0.5, 0.6) is 11.5 Å². The summed E-state index contributed by atoms with van der Waals surface area (Å²) in [5, 5.41) is 16.6. The summed E-state index contributed by atoms with van der Waals surface area (Å²) in [5.74, 6) is -2.05. The Morgan fingerprint density at radius 3 is 2.72 bits per heavy atom. The van der Waals surface area contributed by atoms with Crippen LogP contribution in [0.4, 0.5) is 8.78 Å². The third-order valence-corrected chi connectivity index (χ3v) is 10.5. The number of carbonyl (C=O) groups excluding carboxylic acids is 1. The molecule has 1 aliphatic rings. The van der Waals surface area contributed by atoms with Crippen LogP contribution in [-0.4, -0.2) is 80.0 Å². The van der Waals surface area contributed by atoms with Gasteiger partial charge in [-0.3, -0.25) is 4.79 Å². The predicted molar refractivity (Wildman–Crippen MR) is 170 cm³/mol. The van der Waals surface area contributed by atoms with Crippen LogP contribution >= 0.6 is 34.0 Å². The number of halogens is 2. The number of thiazole rings is 2. The van der Waals surface area contributed by atoms with Crippen LogP contribution in [0.2, 0.25) is 0 Å². The molecule has 0 unspecified atom stereocenters. The number of hydrogen-bond donors (Lipinski definition) is 1. The van der Waals surface area contributed by atoms with E-state index in [2.05, 4.69) is 10.1 Å². The van der Waals surface area contributed by atoms with Gasteiger partial charge in [0.2, 0.25) is 4.96 Å². The van der Waals surface area contributed by atoms with Crippen molar-refractivity contribution >= 4 is 55.1 Å². The van der Waals surface area contributed by atoms with Crippen LogP contribution in [-0.2, 0) is 17.3 Å². The molecular weight excluding hydrogens is 659 g/mol. The molecule has 11 nitrogen and oxygen atoms in total. The fourth-order valence-corrected chi connectivity index (χ4v) is 7.54. The average molecular weight is 685 g/mol. The van der Waals surface area contributed by atoms with E-state index in [1.807, 2.05) is 17.5 Å². The summed E-state index contributed by atoms with van der Waals surface area (Å²) >= 11 is 3.68. The van der Waals surface area contributed by atoms with E-state index in [9.17, 15) is 18.7 Å². The van der Waals surface area contributed by atoms with Gasteiger partial charge in [-0.15, -0.1) is 22.7 Å². The van der Waals surface area contributed by atoms with Gasteiger partial charge in [-0.2, -0.15) is 13.9 Å². The number of nitrogens with zero attached hydrogens (tertiary/aromatic N) is 6. The van der Waals surface area contributed by atoms with Crippen molar-refractivity contribution in [2.45, 2.75) is 25.5 Å². The molecule has 1 aliphatic heterocycles. The maximum atomic E-state index is 13.7. The molecule has 1 fully saturated rings. The summed E-state index contributed by atoms with van der Waals surface area (Å²) in [4.78, 5) is 28.9. The molecule has 1 saturated heterocycles. The molecule has 0 radical (unpaired) electrons. The number of hydrogen-bond acceptors (Lipinski definition) is 12. The fraction of sp³-hybridized carbons (Fsp3) is 0.300. The molecule has 1 atom stereocenters. The Kier molecular flexibility index (Phi) is 8.14. The molecule has 6 aromatic rings. The van der Waals surface area contributed by atoms with Gasteiger partial charge in [0, 0.05) is 42.1 Å². The van der Waals surface area contributed by atoms with Crippen LogP contribution < -0.4 is 9.47 Å². The summed E-state index contributed by atoms with van der Waals surface area (Å²) in [6, 6.07) is 10.5. The zero-order valence-electron chi connectivity index (χ0n) is 24.5. The monoisotopic (exact) mass is 684 g/mol. The lowest BCUT2D eigenvalue weighted by Gasteiger charge is -2.34. The maximum absolute atomic E-state index is 13.7. The van der Waals surface area contributed by atoms with Gasteiger partial charge < -0.3 is 24.2 Å². The van der Waals surface area contributed by atoms with E-state index in [4.69, 9.17) is 24.2 Å². The third-order valence-electron chi connectivity index (χ3n) is 7.31. The van der Waals surface area contributed by atoms with Gasteiger partial charge in [0.05, 0.1) is 55.1 Å². The van der Waals surface area contributed by atoms with Crippen molar-refractivity contribution in [2.75, 3.05) is 33.5 Å². The number of fused-ring (bicyclic) bond motifs is 2. The summed E-state index contributed by atoms with van der Waals surface area (Å²) in [6.07, 6.45) is 1.59. The first kappa shape index (κ1) is 30.6. The second-order valence-corrected chi connectivity index (χ2v) is 13.4. The Hall–Kier alpha value is -4.09. The van der Waals surface area contributed by atoms with Gasteiger partial charge in [0.1, 0.15) is 33.8 Å². The van der Waals surface area contributed by atoms with Gasteiger partial charge in [-0.1, -0.05) is 23.5 Å². The number of aliphatic hydroxyl groups is 1. The molecule has 0 aliphatic carbocycles. The van der Waals surface area contributed by atoms with Crippen molar-refractivity contribution in [1.29, 1.82) is 0 Å². The number of alkyl halides is 2. The molecule has 1 amide bonds. The smallest absolute Gasteiger partial charge is 0.298 e. The minimum Gasteiger partial charge on any atom is -0.497 e. The van der Waals surface area contributed by atoms with Crippen molar-refractivity contribution < 1.29 is 32.9 Å². The minimum atomic E-state index is -3.04. The number of amides is 1. The fourth-order valence-electron chi connectivity index (χ4n) is 4.94. The highest BCUT2D eigenvalue weighted by Gasteiger charge is 2.30. The summed E-state index contributed by atoms with van der Waals surface area (Å²) in [6.45, 7) is 2.06. The second-order valence-electron chi connectivity index (χ2n) is 10.6. The van der Waals surface area contributed by atoms with Crippen molar-refractivity contribution in [1.82, 2.24) is 29.5 Å². The first-order chi connectivity index (χ1) is 22.2. The van der Waals surface area contributed by atoms with Crippen molar-refractivity contribution in [3.63, 3.8) is 0 Å². The number of aromatic nitrogens is 5. The van der Waals surface area contributed by atoms with Gasteiger partial charge >= 0.3 is 0 Å². The molecule has 0 bridgehead atoms. The van der Waals surface area contributed by atoms with E-state index >= 15 is 0 Å². The average Bonchev–Trinajstić information content (AvgIpc) is 3.86. The molecule has 1 N–H and O–H groups in total. The molecule has 16 heteroatoms. The Morgan fingerprint density at radius 2 is 1.98 bits per heavy atom. The van der Waals surface area contributed by atoms with Crippen molar-refractivity contribution in [2.24, 2.45) is 0 Å². The number of rotatable bonds is 9. The Bertz CT molecular complexity index is 2000. The number of imidazole rings is 1. The molecule has 4 aromatic heterocycles. The van der Waals surface area contributed by atoms with E-state index in [-0.39, 0.29) is 30.2 Å². The van der Waals surface area contributed by atoms with Crippen LogP contribution in [0.3, 0.4) is 0 Å². The lowest BCUT2D eigenvalue weighted by atomic mass is 10.1. The molecule has 0 spiro atoms. The molecule has 238 valence electrons. The lowest BCUT2D eigenvalue weighted by molar-refractivity contribution is -0.0183. The SMILES string of the molecule is COc1cc(OCc2csc(-c3ccc(C(=O)N4CCOC[C@H]4CO)cc3)n2)c2sc(-c3cn4nc(C(C)(F)F)sc4n3)nc2c1. The first-order valence-corrected chi connectivity index (χ1v) is 16.6.